The molecule has 1 aliphatic heterocycles. The van der Waals surface area contributed by atoms with Gasteiger partial charge in [0.25, 0.3) is 0 Å². The van der Waals surface area contributed by atoms with E-state index < -0.39 is 10.0 Å². The second-order valence-corrected chi connectivity index (χ2v) is 9.61. The summed E-state index contributed by atoms with van der Waals surface area (Å²) in [6.45, 7) is 10.5. The number of aryl methyl sites for hydroxylation is 1. The van der Waals surface area contributed by atoms with E-state index in [1.807, 2.05) is 24.0 Å². The van der Waals surface area contributed by atoms with Gasteiger partial charge < -0.3 is 5.32 Å². The molecule has 7 heteroatoms. The van der Waals surface area contributed by atoms with Gasteiger partial charge in [0.05, 0.1) is 11.4 Å². The van der Waals surface area contributed by atoms with Crippen LogP contribution in [0.5, 0.6) is 0 Å². The second kappa shape index (κ2) is 9.66. The number of carbonyl (C=O) groups excluding carboxylic acids is 1. The first-order chi connectivity index (χ1) is 12.7. The van der Waals surface area contributed by atoms with E-state index in [-0.39, 0.29) is 11.9 Å². The van der Waals surface area contributed by atoms with Crippen molar-refractivity contribution < 1.29 is 13.2 Å². The molecule has 0 aliphatic carbocycles. The average molecular weight is 396 g/mol. The maximum absolute atomic E-state index is 12.8. The molecule has 1 aromatic rings. The number of hydrogen-bond acceptors (Lipinski definition) is 4. The van der Waals surface area contributed by atoms with Crippen molar-refractivity contribution in [2.24, 2.45) is 5.92 Å². The van der Waals surface area contributed by atoms with Crippen LogP contribution in [0.4, 0.5) is 0 Å². The minimum absolute atomic E-state index is 0.000907. The summed E-state index contributed by atoms with van der Waals surface area (Å²) in [4.78, 5) is 14.5. The van der Waals surface area contributed by atoms with Crippen LogP contribution in [0.15, 0.2) is 29.2 Å². The Labute approximate surface area is 164 Å². The molecule has 6 nitrogen and oxygen atoms in total. The number of hydrogen-bond donors (Lipinski definition) is 1. The monoisotopic (exact) mass is 395 g/mol. The molecule has 0 saturated carbocycles. The number of nitrogens with zero attached hydrogens (tertiary/aromatic N) is 2. The third-order valence-corrected chi connectivity index (χ3v) is 7.10. The Hall–Kier alpha value is -1.44. The van der Waals surface area contributed by atoms with E-state index in [1.54, 1.807) is 12.1 Å². The number of rotatable bonds is 8. The lowest BCUT2D eigenvalue weighted by Crippen LogP contribution is -2.51. The topological polar surface area (TPSA) is 69.7 Å². The molecule has 0 spiro atoms. The van der Waals surface area contributed by atoms with Gasteiger partial charge in [-0.2, -0.15) is 4.31 Å². The molecule has 1 heterocycles. The van der Waals surface area contributed by atoms with Crippen molar-refractivity contribution in [3.8, 4) is 0 Å². The van der Waals surface area contributed by atoms with E-state index in [2.05, 4.69) is 26.1 Å². The van der Waals surface area contributed by atoms with Crippen LogP contribution in [0.2, 0.25) is 0 Å². The first-order valence-corrected chi connectivity index (χ1v) is 11.3. The summed E-state index contributed by atoms with van der Waals surface area (Å²) in [7, 11) is -3.47. The molecule has 27 heavy (non-hydrogen) atoms. The van der Waals surface area contributed by atoms with Gasteiger partial charge >= 0.3 is 0 Å². The quantitative estimate of drug-likeness (QED) is 0.732. The normalized spacial score (nSPS) is 17.8. The summed E-state index contributed by atoms with van der Waals surface area (Å²) in [5.41, 5.74) is 1.16. The van der Waals surface area contributed by atoms with E-state index >= 15 is 0 Å². The highest BCUT2D eigenvalue weighted by Gasteiger charge is 2.29. The Morgan fingerprint density at radius 2 is 1.67 bits per heavy atom. The summed E-state index contributed by atoms with van der Waals surface area (Å²) in [5, 5.41) is 3.00. The number of piperazine rings is 1. The summed E-state index contributed by atoms with van der Waals surface area (Å²) >= 11 is 0. The average Bonchev–Trinajstić information content (AvgIpc) is 2.62. The smallest absolute Gasteiger partial charge is 0.243 e. The standard InChI is InChI=1S/C20H33N3O3S/c1-5-6-18-7-9-19(10-8-18)27(25,26)23-13-11-22(12-14-23)15-20(24)21-17(4)16(2)3/h7-10,16-17H,5-6,11-15H2,1-4H3,(H,21,24)/t17-/m1/s1. The fraction of sp³-hybridized carbons (Fsp3) is 0.650. The first-order valence-electron chi connectivity index (χ1n) is 9.84. The SMILES string of the molecule is CCCc1ccc(S(=O)(=O)N2CCN(CC(=O)N[C@H](C)C(C)C)CC2)cc1. The van der Waals surface area contributed by atoms with Crippen molar-refractivity contribution in [3.63, 3.8) is 0 Å². The maximum Gasteiger partial charge on any atom is 0.243 e. The third kappa shape index (κ3) is 6.02. The van der Waals surface area contributed by atoms with E-state index in [1.165, 1.54) is 4.31 Å². The molecule has 0 unspecified atom stereocenters. The van der Waals surface area contributed by atoms with Gasteiger partial charge in [-0.25, -0.2) is 8.42 Å². The van der Waals surface area contributed by atoms with Crippen LogP contribution in [-0.2, 0) is 21.2 Å². The van der Waals surface area contributed by atoms with Crippen molar-refractivity contribution >= 4 is 15.9 Å². The zero-order valence-electron chi connectivity index (χ0n) is 16.9. The number of sulfonamides is 1. The van der Waals surface area contributed by atoms with Crippen LogP contribution in [0.3, 0.4) is 0 Å². The molecule has 152 valence electrons. The minimum Gasteiger partial charge on any atom is -0.352 e. The fourth-order valence-electron chi connectivity index (χ4n) is 3.06. The Morgan fingerprint density at radius 3 is 2.19 bits per heavy atom. The molecule has 1 aliphatic rings. The highest BCUT2D eigenvalue weighted by Crippen LogP contribution is 2.18. The Bertz CT molecular complexity index is 708. The van der Waals surface area contributed by atoms with Crippen molar-refractivity contribution in [2.75, 3.05) is 32.7 Å². The van der Waals surface area contributed by atoms with Crippen LogP contribution < -0.4 is 5.32 Å². The van der Waals surface area contributed by atoms with Gasteiger partial charge in [0.2, 0.25) is 15.9 Å². The van der Waals surface area contributed by atoms with Crippen molar-refractivity contribution in [1.82, 2.24) is 14.5 Å². The van der Waals surface area contributed by atoms with E-state index in [0.717, 1.165) is 18.4 Å². The zero-order chi connectivity index (χ0) is 20.0. The highest BCUT2D eigenvalue weighted by molar-refractivity contribution is 7.89. The lowest BCUT2D eigenvalue weighted by molar-refractivity contribution is -0.123. The number of benzene rings is 1. The van der Waals surface area contributed by atoms with Gasteiger partial charge in [0, 0.05) is 32.2 Å². The van der Waals surface area contributed by atoms with Crippen molar-refractivity contribution in [2.45, 2.75) is 51.5 Å². The Balaban J connectivity index is 1.89. The first kappa shape index (κ1) is 21.9. The number of amides is 1. The molecule has 1 N–H and O–H groups in total. The highest BCUT2D eigenvalue weighted by atomic mass is 32.2. The molecular formula is C20H33N3O3S. The lowest BCUT2D eigenvalue weighted by atomic mass is 10.1. The summed E-state index contributed by atoms with van der Waals surface area (Å²) in [6, 6.07) is 7.33. The fourth-order valence-corrected chi connectivity index (χ4v) is 4.49. The molecule has 1 amide bonds. The number of carbonyl (C=O) groups is 1. The predicted octanol–water partition coefficient (Wildman–Crippen LogP) is 2.11. The molecule has 0 aromatic heterocycles. The maximum atomic E-state index is 12.8. The third-order valence-electron chi connectivity index (χ3n) is 5.19. The molecular weight excluding hydrogens is 362 g/mol. The Morgan fingerprint density at radius 1 is 1.07 bits per heavy atom. The van der Waals surface area contributed by atoms with E-state index in [4.69, 9.17) is 0 Å². The van der Waals surface area contributed by atoms with Crippen molar-refractivity contribution in [3.05, 3.63) is 29.8 Å². The van der Waals surface area contributed by atoms with E-state index in [0.29, 0.717) is 43.5 Å². The summed E-state index contributed by atoms with van der Waals surface area (Å²) in [5.74, 6) is 0.388. The number of nitrogens with one attached hydrogen (secondary N) is 1. The summed E-state index contributed by atoms with van der Waals surface area (Å²) < 4.78 is 27.2. The lowest BCUT2D eigenvalue weighted by Gasteiger charge is -2.33. The molecule has 2 rings (SSSR count). The molecule has 0 radical (unpaired) electrons. The molecule has 1 atom stereocenters. The van der Waals surface area contributed by atoms with Gasteiger partial charge in [-0.1, -0.05) is 39.3 Å². The second-order valence-electron chi connectivity index (χ2n) is 7.67. The molecule has 1 saturated heterocycles. The summed E-state index contributed by atoms with van der Waals surface area (Å²) in [6.07, 6.45) is 1.99. The minimum atomic E-state index is -3.47. The van der Waals surface area contributed by atoms with Gasteiger partial charge in [-0.05, 0) is 37.0 Å². The van der Waals surface area contributed by atoms with Gasteiger partial charge in [-0.15, -0.1) is 0 Å². The van der Waals surface area contributed by atoms with Crippen LogP contribution in [0.1, 0.15) is 39.7 Å². The molecule has 1 fully saturated rings. The van der Waals surface area contributed by atoms with Gasteiger partial charge in [0.15, 0.2) is 0 Å². The van der Waals surface area contributed by atoms with Crippen LogP contribution in [-0.4, -0.2) is 62.3 Å². The van der Waals surface area contributed by atoms with Crippen molar-refractivity contribution in [1.29, 1.82) is 0 Å². The van der Waals surface area contributed by atoms with Gasteiger partial charge in [-0.3, -0.25) is 9.69 Å². The van der Waals surface area contributed by atoms with Gasteiger partial charge in [0.1, 0.15) is 0 Å². The van der Waals surface area contributed by atoms with E-state index in [9.17, 15) is 13.2 Å². The largest absolute Gasteiger partial charge is 0.352 e. The molecule has 0 bridgehead atoms. The zero-order valence-corrected chi connectivity index (χ0v) is 17.8. The Kier molecular flexibility index (Phi) is 7.82. The predicted molar refractivity (Wildman–Crippen MR) is 108 cm³/mol. The van der Waals surface area contributed by atoms with Crippen LogP contribution in [0.25, 0.3) is 0 Å². The van der Waals surface area contributed by atoms with Crippen LogP contribution in [0, 0.1) is 5.92 Å². The van der Waals surface area contributed by atoms with Crippen LogP contribution >= 0.6 is 0 Å². The molecule has 1 aromatic carbocycles.